The van der Waals surface area contributed by atoms with Gasteiger partial charge in [0.1, 0.15) is 5.56 Å². The zero-order valence-corrected chi connectivity index (χ0v) is 13.5. The molecular formula is C17H22N2O4. The van der Waals surface area contributed by atoms with E-state index >= 15 is 0 Å². The molecule has 0 spiro atoms. The first-order chi connectivity index (χ1) is 11.2. The Morgan fingerprint density at radius 3 is 2.91 bits per heavy atom. The van der Waals surface area contributed by atoms with Crippen LogP contribution in [0.1, 0.15) is 29.3 Å². The third-order valence-electron chi connectivity index (χ3n) is 3.46. The van der Waals surface area contributed by atoms with E-state index in [1.807, 2.05) is 19.1 Å². The van der Waals surface area contributed by atoms with Crippen LogP contribution in [0.25, 0.3) is 10.9 Å². The van der Waals surface area contributed by atoms with Gasteiger partial charge in [-0.15, -0.1) is 0 Å². The monoisotopic (exact) mass is 318 g/mol. The Morgan fingerprint density at radius 1 is 1.35 bits per heavy atom. The number of aromatic amines is 1. The van der Waals surface area contributed by atoms with Crippen molar-refractivity contribution in [2.75, 3.05) is 26.9 Å². The number of carbonyl (C=O) groups is 1. The molecule has 1 aromatic carbocycles. The predicted octanol–water partition coefficient (Wildman–Crippen LogP) is 1.83. The van der Waals surface area contributed by atoms with Gasteiger partial charge in [0, 0.05) is 44.0 Å². The molecule has 0 aliphatic rings. The van der Waals surface area contributed by atoms with Crippen molar-refractivity contribution in [1.82, 2.24) is 10.3 Å². The summed E-state index contributed by atoms with van der Waals surface area (Å²) in [5.74, 6) is -0.373. The number of nitrogens with one attached hydrogen (secondary N) is 2. The maximum atomic E-state index is 12.5. The van der Waals surface area contributed by atoms with Crippen molar-refractivity contribution < 1.29 is 14.3 Å². The normalized spacial score (nSPS) is 10.9. The summed E-state index contributed by atoms with van der Waals surface area (Å²) in [6, 6.07) is 5.45. The zero-order chi connectivity index (χ0) is 16.7. The van der Waals surface area contributed by atoms with Crippen molar-refractivity contribution in [1.29, 1.82) is 0 Å². The van der Waals surface area contributed by atoms with E-state index in [1.165, 1.54) is 6.20 Å². The molecule has 0 radical (unpaired) electrons. The van der Waals surface area contributed by atoms with Crippen LogP contribution in [0.15, 0.2) is 29.2 Å². The Balaban J connectivity index is 2.15. The Bertz CT molecular complexity index is 724. The van der Waals surface area contributed by atoms with Crippen LogP contribution < -0.4 is 10.7 Å². The Kier molecular flexibility index (Phi) is 6.31. The van der Waals surface area contributed by atoms with Gasteiger partial charge in [-0.3, -0.25) is 9.59 Å². The standard InChI is InChI=1S/C17H22N2O4/c1-3-23-8-4-7-18-17(21)14-10-19-15-6-5-12(11-22-2)9-13(15)16(14)20/h5-6,9-10H,3-4,7-8,11H2,1-2H3,(H,18,21)(H,19,20). The van der Waals surface area contributed by atoms with Crippen LogP contribution in [-0.4, -0.2) is 37.8 Å². The number of fused-ring (bicyclic) bond motifs is 1. The van der Waals surface area contributed by atoms with Crippen LogP contribution in [0.3, 0.4) is 0 Å². The largest absolute Gasteiger partial charge is 0.382 e. The average molecular weight is 318 g/mol. The molecule has 2 N–H and O–H groups in total. The van der Waals surface area contributed by atoms with Crippen LogP contribution in [0.2, 0.25) is 0 Å². The molecule has 0 aliphatic heterocycles. The van der Waals surface area contributed by atoms with E-state index in [4.69, 9.17) is 9.47 Å². The fourth-order valence-electron chi connectivity index (χ4n) is 2.31. The molecule has 0 unspecified atom stereocenters. The van der Waals surface area contributed by atoms with Gasteiger partial charge in [-0.2, -0.15) is 0 Å². The van der Waals surface area contributed by atoms with E-state index in [0.717, 1.165) is 5.56 Å². The molecule has 0 saturated heterocycles. The highest BCUT2D eigenvalue weighted by molar-refractivity contribution is 5.97. The lowest BCUT2D eigenvalue weighted by atomic mass is 10.1. The number of hydrogen-bond acceptors (Lipinski definition) is 4. The average Bonchev–Trinajstić information content (AvgIpc) is 2.55. The Labute approximate surface area is 134 Å². The highest BCUT2D eigenvalue weighted by Crippen LogP contribution is 2.12. The second-order valence-electron chi connectivity index (χ2n) is 5.15. The molecule has 1 heterocycles. The van der Waals surface area contributed by atoms with Crippen LogP contribution in [0, 0.1) is 0 Å². The summed E-state index contributed by atoms with van der Waals surface area (Å²) in [6.45, 7) is 4.06. The molecule has 1 amide bonds. The van der Waals surface area contributed by atoms with Crippen molar-refractivity contribution in [2.24, 2.45) is 0 Å². The van der Waals surface area contributed by atoms with Crippen LogP contribution in [0.5, 0.6) is 0 Å². The smallest absolute Gasteiger partial charge is 0.256 e. The van der Waals surface area contributed by atoms with E-state index in [0.29, 0.717) is 43.7 Å². The summed E-state index contributed by atoms with van der Waals surface area (Å²) in [7, 11) is 1.60. The van der Waals surface area contributed by atoms with Gasteiger partial charge in [-0.05, 0) is 31.0 Å². The van der Waals surface area contributed by atoms with Crippen LogP contribution in [-0.2, 0) is 16.1 Å². The lowest BCUT2D eigenvalue weighted by molar-refractivity contribution is 0.0943. The van der Waals surface area contributed by atoms with Gasteiger partial charge in [0.25, 0.3) is 5.91 Å². The first-order valence-corrected chi connectivity index (χ1v) is 7.66. The number of pyridine rings is 1. The number of carbonyl (C=O) groups excluding carboxylic acids is 1. The number of hydrogen-bond donors (Lipinski definition) is 2. The number of H-pyrrole nitrogens is 1. The van der Waals surface area contributed by atoms with E-state index in [9.17, 15) is 9.59 Å². The molecule has 2 rings (SSSR count). The maximum Gasteiger partial charge on any atom is 0.256 e. The number of methoxy groups -OCH3 is 1. The van der Waals surface area contributed by atoms with Gasteiger partial charge in [0.15, 0.2) is 0 Å². The van der Waals surface area contributed by atoms with Gasteiger partial charge in [0.2, 0.25) is 5.43 Å². The first-order valence-electron chi connectivity index (χ1n) is 7.66. The minimum atomic E-state index is -0.373. The fraction of sp³-hybridized carbons (Fsp3) is 0.412. The molecule has 1 aromatic heterocycles. The topological polar surface area (TPSA) is 80.4 Å². The Morgan fingerprint density at radius 2 is 2.17 bits per heavy atom. The van der Waals surface area contributed by atoms with E-state index in [1.54, 1.807) is 13.2 Å². The molecule has 0 atom stereocenters. The third kappa shape index (κ3) is 4.40. The molecule has 23 heavy (non-hydrogen) atoms. The predicted molar refractivity (Wildman–Crippen MR) is 88.7 cm³/mol. The second-order valence-corrected chi connectivity index (χ2v) is 5.15. The van der Waals surface area contributed by atoms with Crippen LogP contribution in [0.4, 0.5) is 0 Å². The molecule has 124 valence electrons. The number of benzene rings is 1. The SMILES string of the molecule is CCOCCCNC(=O)c1c[nH]c2ccc(COC)cc2c1=O. The van der Waals surface area contributed by atoms with Gasteiger partial charge in [0.05, 0.1) is 6.61 Å². The summed E-state index contributed by atoms with van der Waals surface area (Å²) in [4.78, 5) is 27.7. The third-order valence-corrected chi connectivity index (χ3v) is 3.46. The molecule has 0 saturated carbocycles. The second kappa shape index (κ2) is 8.45. The van der Waals surface area contributed by atoms with Gasteiger partial charge in [-0.1, -0.05) is 6.07 Å². The number of aromatic nitrogens is 1. The summed E-state index contributed by atoms with van der Waals surface area (Å²) < 4.78 is 10.3. The minimum absolute atomic E-state index is 0.114. The molecule has 0 fully saturated rings. The van der Waals surface area contributed by atoms with Crippen molar-refractivity contribution >= 4 is 16.8 Å². The van der Waals surface area contributed by atoms with E-state index < -0.39 is 0 Å². The highest BCUT2D eigenvalue weighted by atomic mass is 16.5. The van der Waals surface area contributed by atoms with E-state index in [2.05, 4.69) is 10.3 Å². The molecule has 6 nitrogen and oxygen atoms in total. The number of ether oxygens (including phenoxy) is 2. The molecular weight excluding hydrogens is 296 g/mol. The maximum absolute atomic E-state index is 12.5. The summed E-state index contributed by atoms with van der Waals surface area (Å²) in [6.07, 6.45) is 2.17. The van der Waals surface area contributed by atoms with Crippen LogP contribution >= 0.6 is 0 Å². The molecule has 0 aliphatic carbocycles. The quantitative estimate of drug-likeness (QED) is 0.728. The van der Waals surface area contributed by atoms with Crippen molar-refractivity contribution in [3.8, 4) is 0 Å². The molecule has 0 bridgehead atoms. The fourth-order valence-corrected chi connectivity index (χ4v) is 2.31. The highest BCUT2D eigenvalue weighted by Gasteiger charge is 2.12. The van der Waals surface area contributed by atoms with E-state index in [-0.39, 0.29) is 16.9 Å². The number of amides is 1. The Hall–Kier alpha value is -2.18. The van der Waals surface area contributed by atoms with Gasteiger partial charge < -0.3 is 19.8 Å². The lowest BCUT2D eigenvalue weighted by Gasteiger charge is -2.07. The summed E-state index contributed by atoms with van der Waals surface area (Å²) >= 11 is 0. The zero-order valence-electron chi connectivity index (χ0n) is 13.5. The summed E-state index contributed by atoms with van der Waals surface area (Å²) in [5.41, 5.74) is 1.42. The molecule has 2 aromatic rings. The van der Waals surface area contributed by atoms with Crippen molar-refractivity contribution in [2.45, 2.75) is 20.0 Å². The first kappa shape index (κ1) is 17.2. The molecule has 6 heteroatoms. The number of rotatable bonds is 8. The summed E-state index contributed by atoms with van der Waals surface area (Å²) in [5, 5.41) is 3.23. The van der Waals surface area contributed by atoms with Gasteiger partial charge >= 0.3 is 0 Å². The van der Waals surface area contributed by atoms with Gasteiger partial charge in [-0.25, -0.2) is 0 Å². The minimum Gasteiger partial charge on any atom is -0.382 e. The lowest BCUT2D eigenvalue weighted by Crippen LogP contribution is -2.30. The van der Waals surface area contributed by atoms with Crippen molar-refractivity contribution in [3.63, 3.8) is 0 Å². The van der Waals surface area contributed by atoms with Crippen molar-refractivity contribution in [3.05, 3.63) is 45.7 Å².